The zero-order chi connectivity index (χ0) is 63.4. The van der Waals surface area contributed by atoms with Gasteiger partial charge >= 0.3 is 7.82 Å². The standard InChI is InChI=1S/C78H143N2O6P/c1-6-8-10-12-14-16-18-20-22-24-26-28-30-32-33-34-35-36-37-38-39-40-41-42-43-44-45-46-47-48-50-52-54-56-58-60-62-64-66-68-70-72-78(82)79-76(75-86-87(83,84)85-74-73-80(3,4)5)77(81)71-69-67-65-63-61-59-57-55-53-51-49-31-29-27-25-23-21-19-17-15-13-11-9-7-2/h8,10,14,16,20,22,26,28,32-33,35-36,38-39,41-42,76-77,81H,6-7,9,11-13,15,17-19,21,23-25,27,29-31,34,37,40,43-75H2,1-5H3,(H-,79,82,83,84)/p+1/b10-8-,16-14-,22-20-,28-26-,33-32-,36-35-,39-38-,42-41-. The van der Waals surface area contributed by atoms with Crippen LogP contribution in [-0.2, 0) is 18.4 Å². The van der Waals surface area contributed by atoms with Gasteiger partial charge in [-0.2, -0.15) is 0 Å². The van der Waals surface area contributed by atoms with E-state index in [1.165, 1.54) is 225 Å². The summed E-state index contributed by atoms with van der Waals surface area (Å²) in [6, 6.07) is -0.766. The topological polar surface area (TPSA) is 105 Å². The highest BCUT2D eigenvalue weighted by Crippen LogP contribution is 2.43. The van der Waals surface area contributed by atoms with Gasteiger partial charge in [-0.25, -0.2) is 4.57 Å². The second-order valence-electron chi connectivity index (χ2n) is 26.3. The molecule has 0 spiro atoms. The van der Waals surface area contributed by atoms with Crippen molar-refractivity contribution in [1.29, 1.82) is 0 Å². The molecule has 0 aliphatic heterocycles. The number of carbonyl (C=O) groups is 1. The lowest BCUT2D eigenvalue weighted by molar-refractivity contribution is -0.870. The van der Waals surface area contributed by atoms with Crippen molar-refractivity contribution in [2.45, 2.75) is 353 Å². The van der Waals surface area contributed by atoms with Crippen LogP contribution >= 0.6 is 7.82 Å². The molecule has 87 heavy (non-hydrogen) atoms. The minimum Gasteiger partial charge on any atom is -0.391 e. The number of amides is 1. The van der Waals surface area contributed by atoms with E-state index >= 15 is 0 Å². The fourth-order valence-electron chi connectivity index (χ4n) is 10.9. The van der Waals surface area contributed by atoms with Crippen LogP contribution < -0.4 is 5.32 Å². The highest BCUT2D eigenvalue weighted by atomic mass is 31.2. The molecule has 0 fully saturated rings. The fourth-order valence-corrected chi connectivity index (χ4v) is 11.6. The molecule has 0 radical (unpaired) electrons. The first-order valence-electron chi connectivity index (χ1n) is 37.1. The van der Waals surface area contributed by atoms with Crippen molar-refractivity contribution in [1.82, 2.24) is 5.32 Å². The predicted molar refractivity (Wildman–Crippen MR) is 383 cm³/mol. The van der Waals surface area contributed by atoms with Gasteiger partial charge in [0.15, 0.2) is 0 Å². The number of hydrogen-bond acceptors (Lipinski definition) is 5. The number of unbranched alkanes of at least 4 members (excludes halogenated alkanes) is 39. The zero-order valence-corrected chi connectivity index (χ0v) is 58.9. The van der Waals surface area contributed by atoms with E-state index in [0.717, 1.165) is 89.9 Å². The van der Waals surface area contributed by atoms with Crippen LogP contribution in [0.15, 0.2) is 97.2 Å². The van der Waals surface area contributed by atoms with Gasteiger partial charge in [-0.1, -0.05) is 355 Å². The molecule has 0 aliphatic rings. The number of aliphatic hydroxyl groups is 1. The number of nitrogens with zero attached hydrogens (tertiary/aromatic N) is 1. The van der Waals surface area contributed by atoms with Crippen molar-refractivity contribution in [3.63, 3.8) is 0 Å². The molecule has 3 unspecified atom stereocenters. The average molecular weight is 1240 g/mol. The summed E-state index contributed by atoms with van der Waals surface area (Å²) in [6.07, 6.45) is 98.0. The third-order valence-corrected chi connectivity index (χ3v) is 17.6. The number of phosphoric ester groups is 1. The summed E-state index contributed by atoms with van der Waals surface area (Å²) in [5.41, 5.74) is 0. The molecule has 0 aromatic rings. The molecule has 0 saturated heterocycles. The van der Waals surface area contributed by atoms with Crippen LogP contribution in [0, 0.1) is 0 Å². The minimum absolute atomic E-state index is 0.0734. The van der Waals surface area contributed by atoms with Gasteiger partial charge in [0, 0.05) is 6.42 Å². The molecule has 0 aliphatic carbocycles. The van der Waals surface area contributed by atoms with E-state index in [-0.39, 0.29) is 19.1 Å². The summed E-state index contributed by atoms with van der Waals surface area (Å²) in [5, 5.41) is 14.2. The molecule has 0 aromatic carbocycles. The monoisotopic (exact) mass is 1240 g/mol. The molecule has 0 saturated carbocycles. The number of rotatable bonds is 68. The van der Waals surface area contributed by atoms with E-state index < -0.39 is 20.0 Å². The van der Waals surface area contributed by atoms with E-state index in [0.29, 0.717) is 23.9 Å². The number of hydrogen-bond donors (Lipinski definition) is 3. The summed E-state index contributed by atoms with van der Waals surface area (Å²) in [5.74, 6) is -0.142. The van der Waals surface area contributed by atoms with Gasteiger partial charge in [0.1, 0.15) is 13.2 Å². The van der Waals surface area contributed by atoms with Gasteiger partial charge in [0.25, 0.3) is 0 Å². The molecule has 506 valence electrons. The molecule has 8 nitrogen and oxygen atoms in total. The highest BCUT2D eigenvalue weighted by Gasteiger charge is 2.28. The van der Waals surface area contributed by atoms with Gasteiger partial charge in [0.05, 0.1) is 39.9 Å². The van der Waals surface area contributed by atoms with E-state index in [1.54, 1.807) is 0 Å². The van der Waals surface area contributed by atoms with Crippen molar-refractivity contribution < 1.29 is 32.9 Å². The quantitative estimate of drug-likeness (QED) is 0.0243. The maximum Gasteiger partial charge on any atom is 0.472 e. The van der Waals surface area contributed by atoms with Crippen LogP contribution in [0.2, 0.25) is 0 Å². The summed E-state index contributed by atoms with van der Waals surface area (Å²) >= 11 is 0. The third-order valence-electron chi connectivity index (χ3n) is 16.6. The first kappa shape index (κ1) is 84.4. The molecular formula is C78H144N2O6P+. The normalized spacial score (nSPS) is 14.1. The Kier molecular flexibility index (Phi) is 65.8. The van der Waals surface area contributed by atoms with E-state index in [2.05, 4.69) is 116 Å². The Bertz CT molecular complexity index is 1740. The Morgan fingerprint density at radius 2 is 0.690 bits per heavy atom. The fraction of sp³-hybridized carbons (Fsp3) is 0.782. The molecule has 3 N–H and O–H groups in total. The second-order valence-corrected chi connectivity index (χ2v) is 27.8. The number of nitrogens with one attached hydrogen (secondary N) is 1. The maximum absolute atomic E-state index is 13.1. The second kappa shape index (κ2) is 67.8. The van der Waals surface area contributed by atoms with Gasteiger partial charge < -0.3 is 19.8 Å². The lowest BCUT2D eigenvalue weighted by atomic mass is 10.0. The van der Waals surface area contributed by atoms with Gasteiger partial charge in [-0.3, -0.25) is 13.8 Å². The lowest BCUT2D eigenvalue weighted by Gasteiger charge is -2.26. The van der Waals surface area contributed by atoms with Crippen LogP contribution in [0.25, 0.3) is 0 Å². The van der Waals surface area contributed by atoms with E-state index in [1.807, 2.05) is 21.1 Å². The number of aliphatic hydroxyl groups excluding tert-OH is 1. The molecule has 0 aromatic heterocycles. The summed E-state index contributed by atoms with van der Waals surface area (Å²) in [7, 11) is 1.62. The van der Waals surface area contributed by atoms with Crippen molar-refractivity contribution >= 4 is 13.7 Å². The number of allylic oxidation sites excluding steroid dienone is 16. The first-order chi connectivity index (χ1) is 42.5. The van der Waals surface area contributed by atoms with Gasteiger partial charge in [0.2, 0.25) is 5.91 Å². The van der Waals surface area contributed by atoms with Crippen molar-refractivity contribution in [3.05, 3.63) is 97.2 Å². The van der Waals surface area contributed by atoms with Crippen LogP contribution in [-0.4, -0.2) is 73.4 Å². The van der Waals surface area contributed by atoms with Crippen molar-refractivity contribution in [2.75, 3.05) is 40.9 Å². The molecular weight excluding hydrogens is 1090 g/mol. The number of quaternary nitrogens is 1. The Morgan fingerprint density at radius 3 is 1.01 bits per heavy atom. The van der Waals surface area contributed by atoms with Crippen LogP contribution in [0.3, 0.4) is 0 Å². The van der Waals surface area contributed by atoms with Gasteiger partial charge in [-0.15, -0.1) is 0 Å². The Balaban J connectivity index is 3.99. The molecule has 9 heteroatoms. The summed E-state index contributed by atoms with van der Waals surface area (Å²) in [6.45, 7) is 4.81. The Hall–Kier alpha value is -2.58. The number of carbonyl (C=O) groups excluding carboxylic acids is 1. The number of phosphoric acid groups is 1. The minimum atomic E-state index is -4.33. The van der Waals surface area contributed by atoms with E-state index in [4.69, 9.17) is 9.05 Å². The lowest BCUT2D eigenvalue weighted by Crippen LogP contribution is -2.46. The van der Waals surface area contributed by atoms with E-state index in [9.17, 15) is 19.4 Å². The van der Waals surface area contributed by atoms with Crippen molar-refractivity contribution in [2.24, 2.45) is 0 Å². The average Bonchev–Trinajstić information content (AvgIpc) is 3.71. The maximum atomic E-state index is 13.1. The molecule has 0 rings (SSSR count). The molecule has 1 amide bonds. The first-order valence-corrected chi connectivity index (χ1v) is 38.6. The zero-order valence-electron chi connectivity index (χ0n) is 58.0. The summed E-state index contributed by atoms with van der Waals surface area (Å²) in [4.78, 5) is 23.5. The SMILES string of the molecule is CC/C=C\C/C=C\C/C=C\C/C=C\C/C=C\C/C=C\C/C=C\C/C=C\CCCCCCCCCCCCCCCCCCC(=O)NC(COP(=O)(O)OCC[N+](C)(C)C)C(O)CCCCCCCCCCCCCCCCCCCCCCCCCC. The molecule has 0 bridgehead atoms. The van der Waals surface area contributed by atoms with Gasteiger partial charge in [-0.05, 0) is 77.0 Å². The predicted octanol–water partition coefficient (Wildman–Crippen LogP) is 24.1. The third kappa shape index (κ3) is 70.7. The highest BCUT2D eigenvalue weighted by molar-refractivity contribution is 7.47. The van der Waals surface area contributed by atoms with Crippen LogP contribution in [0.1, 0.15) is 341 Å². The Labute approximate surface area is 540 Å². The smallest absolute Gasteiger partial charge is 0.391 e. The van der Waals surface area contributed by atoms with Crippen LogP contribution in [0.4, 0.5) is 0 Å². The Morgan fingerprint density at radius 1 is 0.402 bits per heavy atom. The van der Waals surface area contributed by atoms with Crippen molar-refractivity contribution in [3.8, 4) is 0 Å². The number of likely N-dealkylation sites (N-methyl/N-ethyl adjacent to an activating group) is 1. The molecule has 0 heterocycles. The largest absolute Gasteiger partial charge is 0.472 e. The molecule has 3 atom stereocenters. The van der Waals surface area contributed by atoms with Crippen LogP contribution in [0.5, 0.6) is 0 Å². The summed E-state index contributed by atoms with van der Waals surface area (Å²) < 4.78 is 23.9.